The van der Waals surface area contributed by atoms with Crippen molar-refractivity contribution in [1.29, 1.82) is 0 Å². The van der Waals surface area contributed by atoms with Crippen LogP contribution in [0, 0.1) is 0 Å². The summed E-state index contributed by atoms with van der Waals surface area (Å²) in [6.45, 7) is 0. The molecule has 0 atom stereocenters. The minimum atomic E-state index is 0.650. The van der Waals surface area contributed by atoms with Crippen LogP contribution in [0.1, 0.15) is 0 Å². The molecule has 0 aliphatic carbocycles. The molecule has 0 saturated carbocycles. The summed E-state index contributed by atoms with van der Waals surface area (Å²) >= 11 is 0. The van der Waals surface area contributed by atoms with Crippen LogP contribution < -0.4 is 0 Å². The second-order valence-electron chi connectivity index (χ2n) is 13.5. The third kappa shape index (κ3) is 5.58. The Balaban J connectivity index is 1.17. The molecule has 0 amide bonds. The highest BCUT2D eigenvalue weighted by molar-refractivity contribution is 6.21. The van der Waals surface area contributed by atoms with Gasteiger partial charge in [-0.05, 0) is 73.5 Å². The zero-order valence-electron chi connectivity index (χ0n) is 29.3. The number of fused-ring (bicyclic) bond motifs is 3. The quantitative estimate of drug-likeness (QED) is 0.163. The monoisotopic (exact) mass is 688 g/mol. The smallest absolute Gasteiger partial charge is 0.160 e. The van der Waals surface area contributed by atoms with E-state index >= 15 is 0 Å². The molecule has 54 heavy (non-hydrogen) atoms. The zero-order valence-corrected chi connectivity index (χ0v) is 29.3. The predicted octanol–water partition coefficient (Wildman–Crippen LogP) is 12.7. The van der Waals surface area contributed by atoms with Crippen LogP contribution in [0.2, 0.25) is 0 Å². The predicted molar refractivity (Wildman–Crippen MR) is 223 cm³/mol. The first-order valence-corrected chi connectivity index (χ1v) is 18.1. The fourth-order valence-corrected chi connectivity index (χ4v) is 7.70. The molecule has 10 rings (SSSR count). The summed E-state index contributed by atoms with van der Waals surface area (Å²) in [5, 5.41) is 7.05. The van der Waals surface area contributed by atoms with Gasteiger partial charge in [0.15, 0.2) is 5.82 Å². The Kier molecular flexibility index (Phi) is 7.77. The van der Waals surface area contributed by atoms with Crippen molar-refractivity contribution >= 4 is 32.3 Å². The molecule has 3 aromatic heterocycles. The fourth-order valence-electron chi connectivity index (χ4n) is 7.70. The van der Waals surface area contributed by atoms with Crippen LogP contribution in [-0.2, 0) is 0 Å². The number of aromatic nitrogens is 4. The molecule has 0 radical (unpaired) electrons. The summed E-state index contributed by atoms with van der Waals surface area (Å²) in [5.41, 5.74) is 11.3. The van der Waals surface area contributed by atoms with E-state index in [-0.39, 0.29) is 0 Å². The van der Waals surface area contributed by atoms with Crippen molar-refractivity contribution in [2.24, 2.45) is 0 Å². The Hall–Kier alpha value is -7.30. The molecule has 0 N–H and O–H groups in total. The normalized spacial score (nSPS) is 11.3. The minimum Gasteiger partial charge on any atom is -0.263 e. The van der Waals surface area contributed by atoms with Crippen molar-refractivity contribution < 1.29 is 0 Å². The molecule has 0 aliphatic rings. The standard InChI is InChI=1S/C50H32N4/c1-2-13-34(14-3-1)48-40-19-6-8-21-42(40)49(43-22-9-7-20-41(43)48)37-17-12-16-36(29-37)46-30-47(44-32-51-31-38-15-4-5-18-39(38)44)54-50(53-46)35-26-24-33(25-27-35)45-23-10-11-28-52-45/h1-32H. The van der Waals surface area contributed by atoms with Gasteiger partial charge in [0.1, 0.15) is 0 Å². The molecular formula is C50H32N4. The van der Waals surface area contributed by atoms with Gasteiger partial charge in [-0.25, -0.2) is 9.97 Å². The molecular weight excluding hydrogens is 657 g/mol. The van der Waals surface area contributed by atoms with Gasteiger partial charge < -0.3 is 0 Å². The molecule has 4 heteroatoms. The Morgan fingerprint density at radius 3 is 1.61 bits per heavy atom. The van der Waals surface area contributed by atoms with E-state index in [1.165, 1.54) is 38.2 Å². The van der Waals surface area contributed by atoms with E-state index in [4.69, 9.17) is 9.97 Å². The van der Waals surface area contributed by atoms with Gasteiger partial charge in [0.25, 0.3) is 0 Å². The minimum absolute atomic E-state index is 0.650. The van der Waals surface area contributed by atoms with Crippen molar-refractivity contribution in [3.05, 3.63) is 195 Å². The molecule has 252 valence electrons. The summed E-state index contributed by atoms with van der Waals surface area (Å²) < 4.78 is 0. The second kappa shape index (κ2) is 13.4. The van der Waals surface area contributed by atoms with E-state index in [9.17, 15) is 0 Å². The molecule has 10 aromatic rings. The van der Waals surface area contributed by atoms with Crippen LogP contribution in [0.3, 0.4) is 0 Å². The summed E-state index contributed by atoms with van der Waals surface area (Å²) in [6.07, 6.45) is 5.63. The molecule has 3 heterocycles. The number of pyridine rings is 2. The Labute approximate surface area is 313 Å². The van der Waals surface area contributed by atoms with Crippen LogP contribution in [0.5, 0.6) is 0 Å². The van der Waals surface area contributed by atoms with Crippen molar-refractivity contribution in [2.75, 3.05) is 0 Å². The van der Waals surface area contributed by atoms with E-state index in [1.807, 2.05) is 42.9 Å². The lowest BCUT2D eigenvalue weighted by Gasteiger charge is -2.18. The number of hydrogen-bond donors (Lipinski definition) is 0. The maximum Gasteiger partial charge on any atom is 0.160 e. The number of benzene rings is 7. The lowest BCUT2D eigenvalue weighted by Crippen LogP contribution is -1.97. The van der Waals surface area contributed by atoms with Gasteiger partial charge >= 0.3 is 0 Å². The molecule has 0 spiro atoms. The van der Waals surface area contributed by atoms with E-state index in [2.05, 4.69) is 162 Å². The molecule has 7 aromatic carbocycles. The van der Waals surface area contributed by atoms with Crippen molar-refractivity contribution in [1.82, 2.24) is 19.9 Å². The molecule has 0 aliphatic heterocycles. The SMILES string of the molecule is c1ccc(-c2c3ccccc3c(-c3cccc(-c4cc(-c5cncc6ccccc56)nc(-c5ccc(-c6ccccn6)cc5)n4)c3)c3ccccc23)cc1. The number of nitrogens with zero attached hydrogens (tertiary/aromatic N) is 4. The first kappa shape index (κ1) is 31.4. The molecule has 0 unspecified atom stereocenters. The van der Waals surface area contributed by atoms with Gasteiger partial charge in [-0.3, -0.25) is 9.97 Å². The lowest BCUT2D eigenvalue weighted by atomic mass is 9.85. The van der Waals surface area contributed by atoms with Gasteiger partial charge in [-0.15, -0.1) is 0 Å². The van der Waals surface area contributed by atoms with Crippen LogP contribution in [0.4, 0.5) is 0 Å². The maximum atomic E-state index is 5.25. The van der Waals surface area contributed by atoms with Crippen molar-refractivity contribution in [3.8, 4) is 67.4 Å². The Morgan fingerprint density at radius 1 is 0.333 bits per heavy atom. The second-order valence-corrected chi connectivity index (χ2v) is 13.5. The first-order valence-electron chi connectivity index (χ1n) is 18.1. The van der Waals surface area contributed by atoms with Gasteiger partial charge in [0.05, 0.1) is 17.1 Å². The van der Waals surface area contributed by atoms with Crippen LogP contribution in [0.25, 0.3) is 99.7 Å². The summed E-state index contributed by atoms with van der Waals surface area (Å²) in [7, 11) is 0. The number of hydrogen-bond acceptors (Lipinski definition) is 4. The average molecular weight is 689 g/mol. The fraction of sp³-hybridized carbons (Fsp3) is 0. The largest absolute Gasteiger partial charge is 0.263 e. The first-order chi connectivity index (χ1) is 26.8. The maximum absolute atomic E-state index is 5.25. The summed E-state index contributed by atoms with van der Waals surface area (Å²) in [4.78, 5) is 19.6. The highest BCUT2D eigenvalue weighted by Gasteiger charge is 2.18. The van der Waals surface area contributed by atoms with E-state index < -0.39 is 0 Å². The third-order valence-electron chi connectivity index (χ3n) is 10.2. The van der Waals surface area contributed by atoms with Crippen LogP contribution in [-0.4, -0.2) is 19.9 Å². The van der Waals surface area contributed by atoms with E-state index in [0.717, 1.165) is 55.7 Å². The van der Waals surface area contributed by atoms with Gasteiger partial charge in [-0.1, -0.05) is 152 Å². The van der Waals surface area contributed by atoms with Gasteiger partial charge in [0.2, 0.25) is 0 Å². The van der Waals surface area contributed by atoms with Crippen LogP contribution in [0.15, 0.2) is 195 Å². The highest BCUT2D eigenvalue weighted by atomic mass is 14.9. The molecule has 4 nitrogen and oxygen atoms in total. The van der Waals surface area contributed by atoms with Crippen LogP contribution >= 0.6 is 0 Å². The van der Waals surface area contributed by atoms with E-state index in [0.29, 0.717) is 5.82 Å². The lowest BCUT2D eigenvalue weighted by molar-refractivity contribution is 1.18. The summed E-state index contributed by atoms with van der Waals surface area (Å²) in [6, 6.07) is 61.8. The van der Waals surface area contributed by atoms with E-state index in [1.54, 1.807) is 0 Å². The number of rotatable bonds is 6. The molecule has 0 saturated heterocycles. The molecule has 0 fully saturated rings. The Morgan fingerprint density at radius 2 is 0.907 bits per heavy atom. The molecule has 0 bridgehead atoms. The topological polar surface area (TPSA) is 51.6 Å². The average Bonchev–Trinajstić information content (AvgIpc) is 3.26. The van der Waals surface area contributed by atoms with Gasteiger partial charge in [0, 0.05) is 46.2 Å². The Bertz CT molecular complexity index is 2910. The summed E-state index contributed by atoms with van der Waals surface area (Å²) in [5.74, 6) is 0.650. The van der Waals surface area contributed by atoms with Crippen molar-refractivity contribution in [3.63, 3.8) is 0 Å². The highest BCUT2D eigenvalue weighted by Crippen LogP contribution is 2.44. The zero-order chi connectivity index (χ0) is 35.8. The van der Waals surface area contributed by atoms with Crippen molar-refractivity contribution in [2.45, 2.75) is 0 Å². The third-order valence-corrected chi connectivity index (χ3v) is 10.2. The van der Waals surface area contributed by atoms with Gasteiger partial charge in [-0.2, -0.15) is 0 Å².